The second kappa shape index (κ2) is 4.17. The van der Waals surface area contributed by atoms with Crippen LogP contribution in [-0.4, -0.2) is 11.0 Å². The van der Waals surface area contributed by atoms with Gasteiger partial charge in [-0.1, -0.05) is 30.3 Å². The van der Waals surface area contributed by atoms with Gasteiger partial charge in [-0.05, 0) is 17.0 Å². The summed E-state index contributed by atoms with van der Waals surface area (Å²) >= 11 is 5.58. The van der Waals surface area contributed by atoms with Gasteiger partial charge in [-0.2, -0.15) is 0 Å². The summed E-state index contributed by atoms with van der Waals surface area (Å²) in [6.45, 7) is 0. The first kappa shape index (κ1) is 10.4. The van der Waals surface area contributed by atoms with Crippen molar-refractivity contribution in [1.82, 2.24) is 0 Å². The summed E-state index contributed by atoms with van der Waals surface area (Å²) in [4.78, 5) is 0. The molecule has 0 saturated carbocycles. The average molecular weight is 225 g/mol. The van der Waals surface area contributed by atoms with Crippen LogP contribution < -0.4 is 0 Å². The molecule has 15 heavy (non-hydrogen) atoms. The van der Waals surface area contributed by atoms with E-state index in [-0.39, 0.29) is 11.7 Å². The van der Waals surface area contributed by atoms with Gasteiger partial charge < -0.3 is 5.11 Å². The normalized spacial score (nSPS) is 13.0. The molecular weight excluding hydrogens is 215 g/mol. The molecule has 0 saturated heterocycles. The van der Waals surface area contributed by atoms with E-state index in [1.807, 2.05) is 6.07 Å². The van der Waals surface area contributed by atoms with Crippen LogP contribution in [0.3, 0.4) is 0 Å². The van der Waals surface area contributed by atoms with E-state index in [1.165, 1.54) is 6.07 Å². The molecule has 1 atom stereocenters. The molecule has 78 valence electrons. The second-order valence-electron chi connectivity index (χ2n) is 3.35. The van der Waals surface area contributed by atoms with Gasteiger partial charge in [0.25, 0.3) is 0 Å². The summed E-state index contributed by atoms with van der Waals surface area (Å²) in [7, 11) is 0. The number of rotatable bonds is 2. The Hall–Kier alpha value is -1.12. The molecule has 0 amide bonds. The van der Waals surface area contributed by atoms with Crippen LogP contribution in [0.15, 0.2) is 36.4 Å². The van der Waals surface area contributed by atoms with Gasteiger partial charge in [0, 0.05) is 5.39 Å². The Morgan fingerprint density at radius 2 is 1.80 bits per heavy atom. The molecule has 1 unspecified atom stereocenters. The minimum atomic E-state index is -0.753. The van der Waals surface area contributed by atoms with Crippen molar-refractivity contribution in [1.29, 1.82) is 0 Å². The second-order valence-corrected chi connectivity index (χ2v) is 3.66. The summed E-state index contributed by atoms with van der Waals surface area (Å²) < 4.78 is 13.4. The lowest BCUT2D eigenvalue weighted by molar-refractivity contribution is 0.204. The molecule has 0 aliphatic heterocycles. The molecule has 0 bridgehead atoms. The number of hydrogen-bond donors (Lipinski definition) is 1. The fourth-order valence-corrected chi connectivity index (χ4v) is 1.83. The third kappa shape index (κ3) is 1.83. The maximum atomic E-state index is 13.4. The molecule has 1 N–H and O–H groups in total. The highest BCUT2D eigenvalue weighted by molar-refractivity contribution is 6.18. The van der Waals surface area contributed by atoms with Crippen LogP contribution in [0.1, 0.15) is 11.7 Å². The number of alkyl halides is 1. The predicted molar refractivity (Wildman–Crippen MR) is 59.6 cm³/mol. The molecule has 2 aromatic rings. The third-order valence-electron chi connectivity index (χ3n) is 2.41. The van der Waals surface area contributed by atoms with E-state index in [0.29, 0.717) is 16.3 Å². The summed E-state index contributed by atoms with van der Waals surface area (Å²) in [5.41, 5.74) is 0.669. The van der Waals surface area contributed by atoms with E-state index >= 15 is 0 Å². The number of aliphatic hydroxyl groups excluding tert-OH is 1. The molecule has 3 heteroatoms. The van der Waals surface area contributed by atoms with Crippen LogP contribution in [0.2, 0.25) is 0 Å². The Balaban J connectivity index is 2.71. The first-order chi connectivity index (χ1) is 7.24. The van der Waals surface area contributed by atoms with Crippen molar-refractivity contribution in [3.05, 3.63) is 47.8 Å². The van der Waals surface area contributed by atoms with Crippen LogP contribution in [0.25, 0.3) is 10.8 Å². The Bertz CT molecular complexity index is 484. The molecule has 0 fully saturated rings. The fraction of sp³-hybridized carbons (Fsp3) is 0.167. The summed E-state index contributed by atoms with van der Waals surface area (Å²) in [5.74, 6) is -0.175. The minimum Gasteiger partial charge on any atom is -0.387 e. The van der Waals surface area contributed by atoms with Crippen LogP contribution in [-0.2, 0) is 0 Å². The SMILES string of the molecule is OC(CCl)c1ccc(F)c2ccccc12. The maximum Gasteiger partial charge on any atom is 0.131 e. The topological polar surface area (TPSA) is 20.2 Å². The lowest BCUT2D eigenvalue weighted by atomic mass is 10.0. The van der Waals surface area contributed by atoms with Gasteiger partial charge >= 0.3 is 0 Å². The standard InChI is InChI=1S/C12H10ClFO/c13-7-12(15)10-5-6-11(14)9-4-2-1-3-8(9)10/h1-6,12,15H,7H2. The average Bonchev–Trinajstić information content (AvgIpc) is 2.29. The largest absolute Gasteiger partial charge is 0.387 e. The van der Waals surface area contributed by atoms with E-state index < -0.39 is 6.10 Å². The number of benzene rings is 2. The number of fused-ring (bicyclic) bond motifs is 1. The van der Waals surface area contributed by atoms with Gasteiger partial charge in [-0.3, -0.25) is 0 Å². The van der Waals surface area contributed by atoms with Gasteiger partial charge in [0.1, 0.15) is 5.82 Å². The van der Waals surface area contributed by atoms with Gasteiger partial charge in [-0.25, -0.2) is 4.39 Å². The molecule has 0 aliphatic carbocycles. The lowest BCUT2D eigenvalue weighted by Gasteiger charge is -2.11. The van der Waals surface area contributed by atoms with Crippen LogP contribution in [0, 0.1) is 5.82 Å². The zero-order chi connectivity index (χ0) is 10.8. The van der Waals surface area contributed by atoms with Crippen molar-refractivity contribution < 1.29 is 9.50 Å². The highest BCUT2D eigenvalue weighted by atomic mass is 35.5. The zero-order valence-electron chi connectivity index (χ0n) is 7.95. The van der Waals surface area contributed by atoms with E-state index in [9.17, 15) is 9.50 Å². The monoisotopic (exact) mass is 224 g/mol. The lowest BCUT2D eigenvalue weighted by Crippen LogP contribution is -2.00. The Morgan fingerprint density at radius 3 is 2.47 bits per heavy atom. The van der Waals surface area contributed by atoms with Gasteiger partial charge in [0.2, 0.25) is 0 Å². The number of halogens is 2. The van der Waals surface area contributed by atoms with Gasteiger partial charge in [0.15, 0.2) is 0 Å². The molecule has 0 heterocycles. The third-order valence-corrected chi connectivity index (χ3v) is 2.70. The van der Waals surface area contributed by atoms with Crippen molar-refractivity contribution >= 4 is 22.4 Å². The maximum absolute atomic E-state index is 13.4. The molecule has 2 rings (SSSR count). The fourth-order valence-electron chi connectivity index (χ4n) is 1.66. The highest BCUT2D eigenvalue weighted by Gasteiger charge is 2.11. The van der Waals surface area contributed by atoms with E-state index in [0.717, 1.165) is 0 Å². The van der Waals surface area contributed by atoms with Crippen LogP contribution in [0.5, 0.6) is 0 Å². The first-order valence-corrected chi connectivity index (χ1v) is 5.18. The summed E-state index contributed by atoms with van der Waals surface area (Å²) in [5, 5.41) is 10.9. The van der Waals surface area contributed by atoms with Gasteiger partial charge in [0.05, 0.1) is 12.0 Å². The smallest absolute Gasteiger partial charge is 0.131 e. The Labute approximate surface area is 92.1 Å². The van der Waals surface area contributed by atoms with E-state index in [2.05, 4.69) is 0 Å². The van der Waals surface area contributed by atoms with Crippen molar-refractivity contribution in [2.45, 2.75) is 6.10 Å². The highest BCUT2D eigenvalue weighted by Crippen LogP contribution is 2.26. The van der Waals surface area contributed by atoms with Crippen molar-refractivity contribution in [3.8, 4) is 0 Å². The van der Waals surface area contributed by atoms with Crippen molar-refractivity contribution in [2.24, 2.45) is 0 Å². The number of hydrogen-bond acceptors (Lipinski definition) is 1. The van der Waals surface area contributed by atoms with E-state index in [1.54, 1.807) is 24.3 Å². The molecule has 0 aromatic heterocycles. The molecule has 0 radical (unpaired) electrons. The molecule has 0 aliphatic rings. The Morgan fingerprint density at radius 1 is 1.13 bits per heavy atom. The Kier molecular flexibility index (Phi) is 2.89. The first-order valence-electron chi connectivity index (χ1n) is 4.65. The quantitative estimate of drug-likeness (QED) is 0.777. The molecule has 1 nitrogen and oxygen atoms in total. The van der Waals surface area contributed by atoms with Gasteiger partial charge in [-0.15, -0.1) is 11.6 Å². The van der Waals surface area contributed by atoms with Crippen LogP contribution in [0.4, 0.5) is 4.39 Å². The predicted octanol–water partition coefficient (Wildman–Crippen LogP) is 3.25. The molecular formula is C12H10ClFO. The van der Waals surface area contributed by atoms with Crippen molar-refractivity contribution in [3.63, 3.8) is 0 Å². The van der Waals surface area contributed by atoms with E-state index in [4.69, 9.17) is 11.6 Å². The number of aliphatic hydroxyl groups is 1. The molecule has 2 aromatic carbocycles. The minimum absolute atomic E-state index is 0.107. The zero-order valence-corrected chi connectivity index (χ0v) is 8.71. The molecule has 0 spiro atoms. The summed E-state index contributed by atoms with van der Waals surface area (Å²) in [6, 6.07) is 9.98. The van der Waals surface area contributed by atoms with Crippen molar-refractivity contribution in [2.75, 3.05) is 5.88 Å². The van der Waals surface area contributed by atoms with Crippen LogP contribution >= 0.6 is 11.6 Å². The summed E-state index contributed by atoms with van der Waals surface area (Å²) in [6.07, 6.45) is -0.753.